The molecule has 0 spiro atoms. The first-order valence-corrected chi connectivity index (χ1v) is 12.4. The Bertz CT molecular complexity index is 1250. The van der Waals surface area contributed by atoms with Crippen LogP contribution in [0, 0.1) is 5.41 Å². The Morgan fingerprint density at radius 2 is 1.89 bits per heavy atom. The number of morpholine rings is 1. The summed E-state index contributed by atoms with van der Waals surface area (Å²) < 4.78 is 23.7. The highest BCUT2D eigenvalue weighted by Crippen LogP contribution is 2.37. The van der Waals surface area contributed by atoms with Crippen molar-refractivity contribution in [1.29, 1.82) is 5.41 Å². The Kier molecular flexibility index (Phi) is 7.35. The van der Waals surface area contributed by atoms with E-state index in [2.05, 4.69) is 15.2 Å². The average Bonchev–Trinajstić information content (AvgIpc) is 3.63. The van der Waals surface area contributed by atoms with Crippen molar-refractivity contribution < 1.29 is 23.6 Å². The Morgan fingerprint density at radius 1 is 1.11 bits per heavy atom. The number of amides is 1. The molecule has 2 saturated heterocycles. The smallest absolute Gasteiger partial charge is 0.272 e. The maximum Gasteiger partial charge on any atom is 0.272 e. The van der Waals surface area contributed by atoms with E-state index in [1.165, 1.54) is 4.90 Å². The van der Waals surface area contributed by atoms with Gasteiger partial charge in [0.05, 0.1) is 24.7 Å². The van der Waals surface area contributed by atoms with Crippen LogP contribution in [-0.4, -0.2) is 76.9 Å². The summed E-state index contributed by atoms with van der Waals surface area (Å²) in [6.07, 6.45) is 5.25. The number of anilines is 1. The van der Waals surface area contributed by atoms with Gasteiger partial charge in [0.2, 0.25) is 11.6 Å². The first-order chi connectivity index (χ1) is 17.6. The molecule has 0 aliphatic carbocycles. The van der Waals surface area contributed by atoms with Crippen molar-refractivity contribution in [3.63, 3.8) is 0 Å². The number of benzene rings is 1. The van der Waals surface area contributed by atoms with Crippen molar-refractivity contribution in [2.24, 2.45) is 0 Å². The molecule has 36 heavy (non-hydrogen) atoms. The van der Waals surface area contributed by atoms with E-state index < -0.39 is 0 Å². The second kappa shape index (κ2) is 11.0. The summed E-state index contributed by atoms with van der Waals surface area (Å²) in [5.41, 5.74) is 0.758. The molecule has 4 heterocycles. The fraction of sp³-hybridized carbons (Fsp3) is 0.333. The Labute approximate surface area is 212 Å². The highest BCUT2D eigenvalue weighted by atomic mass is 32.2. The highest BCUT2D eigenvalue weighted by Gasteiger charge is 2.38. The second-order valence-electron chi connectivity index (χ2n) is 8.00. The van der Waals surface area contributed by atoms with Gasteiger partial charge >= 0.3 is 0 Å². The quantitative estimate of drug-likeness (QED) is 0.433. The molecule has 1 N–H and O–H groups in total. The number of nitrogens with zero attached hydrogens (tertiary/aromatic N) is 5. The molecule has 1 aromatic carbocycles. The molecular weight excluding hydrogens is 484 g/mol. The van der Waals surface area contributed by atoms with Crippen molar-refractivity contribution >= 4 is 34.7 Å². The topological polar surface area (TPSA) is 119 Å². The number of aromatic nitrogens is 3. The van der Waals surface area contributed by atoms with Crippen LogP contribution in [-0.2, 0) is 9.53 Å². The lowest BCUT2D eigenvalue weighted by molar-refractivity contribution is -0.113. The van der Waals surface area contributed by atoms with Gasteiger partial charge in [-0.25, -0.2) is 9.53 Å². The fourth-order valence-electron chi connectivity index (χ4n) is 3.90. The lowest BCUT2D eigenvalue weighted by Gasteiger charge is -2.26. The van der Waals surface area contributed by atoms with Crippen LogP contribution in [0.25, 0.3) is 11.9 Å². The number of nitrogens with one attached hydrogen (secondary N) is 1. The molecule has 2 aromatic heterocycles. The van der Waals surface area contributed by atoms with Gasteiger partial charge in [0, 0.05) is 32.0 Å². The number of hydrogen-bond donors (Lipinski definition) is 1. The molecule has 0 atom stereocenters. The van der Waals surface area contributed by atoms with E-state index in [1.54, 1.807) is 23.0 Å². The van der Waals surface area contributed by atoms with Crippen molar-refractivity contribution in [2.75, 3.05) is 51.0 Å². The SMILES string of the molecule is CCOc1cc(C=C2SC(=N)N(c3nonc3-n3cccc3)C2=O)ccc1OCCN1CCOCC1. The zero-order valence-electron chi connectivity index (χ0n) is 19.8. The molecule has 0 radical (unpaired) electrons. The maximum atomic E-state index is 13.2. The summed E-state index contributed by atoms with van der Waals surface area (Å²) in [5.74, 6) is 1.37. The van der Waals surface area contributed by atoms with Gasteiger partial charge in [0.25, 0.3) is 5.91 Å². The van der Waals surface area contributed by atoms with E-state index in [9.17, 15) is 4.79 Å². The fourth-order valence-corrected chi connectivity index (χ4v) is 4.74. The summed E-state index contributed by atoms with van der Waals surface area (Å²) in [6, 6.07) is 9.19. The average molecular weight is 511 g/mol. The number of amidine groups is 1. The first-order valence-electron chi connectivity index (χ1n) is 11.6. The number of carbonyl (C=O) groups is 1. The van der Waals surface area contributed by atoms with E-state index in [4.69, 9.17) is 24.2 Å². The molecular formula is C24H26N6O5S. The molecule has 2 fully saturated rings. The van der Waals surface area contributed by atoms with Crippen LogP contribution in [0.4, 0.5) is 5.82 Å². The third-order valence-electron chi connectivity index (χ3n) is 5.67. The predicted molar refractivity (Wildman–Crippen MR) is 135 cm³/mol. The van der Waals surface area contributed by atoms with Crippen molar-refractivity contribution in [3.05, 3.63) is 53.2 Å². The minimum absolute atomic E-state index is 0.0171. The first kappa shape index (κ1) is 24.1. The van der Waals surface area contributed by atoms with Gasteiger partial charge in [-0.2, -0.15) is 0 Å². The summed E-state index contributed by atoms with van der Waals surface area (Å²) in [4.78, 5) is 17.1. The summed E-state index contributed by atoms with van der Waals surface area (Å²) in [6.45, 7) is 7.05. The normalized spacial score (nSPS) is 17.8. The van der Waals surface area contributed by atoms with Crippen LogP contribution < -0.4 is 14.4 Å². The molecule has 5 rings (SSSR count). The molecule has 3 aromatic rings. The molecule has 11 nitrogen and oxygen atoms in total. The summed E-state index contributed by atoms with van der Waals surface area (Å²) in [5, 5.41) is 16.2. The molecule has 1 amide bonds. The van der Waals surface area contributed by atoms with E-state index in [-0.39, 0.29) is 16.9 Å². The van der Waals surface area contributed by atoms with Gasteiger partial charge in [-0.15, -0.1) is 0 Å². The number of ether oxygens (including phenoxy) is 3. The molecule has 188 valence electrons. The van der Waals surface area contributed by atoms with Crippen LogP contribution >= 0.6 is 11.8 Å². The highest BCUT2D eigenvalue weighted by molar-refractivity contribution is 8.19. The zero-order valence-corrected chi connectivity index (χ0v) is 20.6. The van der Waals surface area contributed by atoms with Crippen LogP contribution in [0.15, 0.2) is 52.3 Å². The minimum atomic E-state index is -0.377. The van der Waals surface area contributed by atoms with Crippen molar-refractivity contribution in [1.82, 2.24) is 19.8 Å². The molecule has 2 aliphatic heterocycles. The minimum Gasteiger partial charge on any atom is -0.490 e. The van der Waals surface area contributed by atoms with Crippen LogP contribution in [0.5, 0.6) is 11.5 Å². The Morgan fingerprint density at radius 3 is 2.67 bits per heavy atom. The molecule has 0 unspecified atom stereocenters. The van der Waals surface area contributed by atoms with E-state index in [0.717, 1.165) is 50.2 Å². The number of thioether (sulfide) groups is 1. The van der Waals surface area contributed by atoms with Gasteiger partial charge in [-0.3, -0.25) is 15.1 Å². The monoisotopic (exact) mass is 510 g/mol. The largest absolute Gasteiger partial charge is 0.490 e. The van der Waals surface area contributed by atoms with Crippen LogP contribution in [0.1, 0.15) is 12.5 Å². The van der Waals surface area contributed by atoms with Crippen molar-refractivity contribution in [2.45, 2.75) is 6.92 Å². The van der Waals surface area contributed by atoms with E-state index in [1.807, 2.05) is 37.3 Å². The number of carbonyl (C=O) groups excluding carboxylic acids is 1. The van der Waals surface area contributed by atoms with E-state index >= 15 is 0 Å². The third kappa shape index (κ3) is 5.15. The molecule has 0 saturated carbocycles. The third-order valence-corrected chi connectivity index (χ3v) is 6.56. The van der Waals surface area contributed by atoms with Crippen LogP contribution in [0.2, 0.25) is 0 Å². The summed E-state index contributed by atoms with van der Waals surface area (Å²) in [7, 11) is 0. The standard InChI is InChI=1S/C24H26N6O5S/c1-2-33-19-15-17(5-6-18(19)34-14-11-28-9-12-32-13-10-28)16-20-23(31)30(24(25)36-20)22-21(26-35-27-22)29-7-3-4-8-29/h3-8,15-16,25H,2,9-14H2,1H3. The lowest BCUT2D eigenvalue weighted by Crippen LogP contribution is -2.38. The Hall–Kier alpha value is -3.61. The molecule has 0 bridgehead atoms. The van der Waals surface area contributed by atoms with E-state index in [0.29, 0.717) is 35.4 Å². The Balaban J connectivity index is 1.31. The number of rotatable bonds is 9. The lowest BCUT2D eigenvalue weighted by atomic mass is 10.2. The van der Waals surface area contributed by atoms with Crippen LogP contribution in [0.3, 0.4) is 0 Å². The summed E-state index contributed by atoms with van der Waals surface area (Å²) >= 11 is 1.05. The molecule has 12 heteroatoms. The van der Waals surface area contributed by atoms with Crippen molar-refractivity contribution in [3.8, 4) is 17.3 Å². The molecule has 2 aliphatic rings. The predicted octanol–water partition coefficient (Wildman–Crippen LogP) is 3.03. The van der Waals surface area contributed by atoms with Gasteiger partial charge in [0.15, 0.2) is 16.7 Å². The van der Waals surface area contributed by atoms with Gasteiger partial charge < -0.3 is 18.8 Å². The van der Waals surface area contributed by atoms with Gasteiger partial charge in [0.1, 0.15) is 6.61 Å². The zero-order chi connectivity index (χ0) is 24.9. The second-order valence-corrected chi connectivity index (χ2v) is 9.03. The maximum absolute atomic E-state index is 13.2. The van der Waals surface area contributed by atoms with Gasteiger partial charge in [-0.1, -0.05) is 6.07 Å². The number of hydrogen-bond acceptors (Lipinski definition) is 10. The van der Waals surface area contributed by atoms with Gasteiger partial charge in [-0.05, 0) is 64.9 Å².